The standard InChI is InChI=1S/C14H11NO.C14H10NO.2C12H10N.2CH4O.2Ir/c2*1-10-9-12-13(16-10)7-8-15-14(12)11-5-3-2-4-6-11;2*1-10-6-5-9-12(13-10)11-7-3-2-4-8-11;2*1-2;;/h2-9H,1H3;2-5,7-9H,1H3;2*2-7,9H,1H3;2*2H,1H3;;/q;3*-1;;;;. The maximum absolute atomic E-state index is 7.00. The van der Waals surface area contributed by atoms with Crippen molar-refractivity contribution in [1.82, 2.24) is 19.9 Å². The molecule has 0 atom stereocenters. The molecule has 0 aliphatic carbocycles. The third kappa shape index (κ3) is 15.0. The second kappa shape index (κ2) is 27.8. The number of benzene rings is 4. The van der Waals surface area contributed by atoms with Crippen LogP contribution in [0.2, 0.25) is 0 Å². The SMILES string of the molecule is CO.CO.Cc1cc2c(-c3[c-]cccc3)nccc2o1.Cc1cc2c(-c3ccccc3)nccc2o1.Cc1cccc(-c2[c-]cccc2)n1.Cc1cccc(-c2[c-]cccc2)n1.[Ir].[Ir]. The van der Waals surface area contributed by atoms with Crippen LogP contribution in [-0.2, 0) is 40.2 Å². The van der Waals surface area contributed by atoms with E-state index >= 15 is 0 Å². The Hall–Kier alpha value is -6.22. The molecule has 6 heterocycles. The van der Waals surface area contributed by atoms with Crippen molar-refractivity contribution in [3.63, 3.8) is 0 Å². The first-order chi connectivity index (χ1) is 30.4. The summed E-state index contributed by atoms with van der Waals surface area (Å²) < 4.78 is 11.2. The summed E-state index contributed by atoms with van der Waals surface area (Å²) in [5, 5.41) is 16.1. The number of aryl methyl sites for hydroxylation is 4. The minimum atomic E-state index is 0. The summed E-state index contributed by atoms with van der Waals surface area (Å²) in [6, 6.07) is 63.0. The molecule has 0 spiro atoms. The maximum Gasteiger partial charge on any atom is 0.137 e. The Labute approximate surface area is 402 Å². The average molecular weight is 1200 g/mol. The molecule has 2 N–H and O–H groups in total. The molecule has 0 fully saturated rings. The average Bonchev–Trinajstić information content (AvgIpc) is 3.93. The van der Waals surface area contributed by atoms with Crippen LogP contribution in [-0.4, -0.2) is 44.4 Å². The van der Waals surface area contributed by atoms with Crippen molar-refractivity contribution in [2.24, 2.45) is 0 Å². The van der Waals surface area contributed by atoms with Crippen LogP contribution in [0, 0.1) is 45.9 Å². The summed E-state index contributed by atoms with van der Waals surface area (Å²) in [7, 11) is 2.00. The molecular formula is C54H49Ir2N4O4-3. The molecule has 64 heavy (non-hydrogen) atoms. The Bertz CT molecular complexity index is 2640. The van der Waals surface area contributed by atoms with Gasteiger partial charge in [-0.15, -0.1) is 108 Å². The fraction of sp³-hybridized carbons (Fsp3) is 0.111. The molecule has 0 aliphatic heterocycles. The first-order valence-electron chi connectivity index (χ1n) is 19.8. The van der Waals surface area contributed by atoms with Crippen LogP contribution in [0.25, 0.3) is 67.0 Å². The molecule has 0 unspecified atom stereocenters. The zero-order valence-corrected chi connectivity index (χ0v) is 41.2. The van der Waals surface area contributed by atoms with Gasteiger partial charge in [0.15, 0.2) is 0 Å². The molecule has 6 aromatic heterocycles. The van der Waals surface area contributed by atoms with Crippen LogP contribution in [0.15, 0.2) is 185 Å². The molecule has 0 aliphatic rings. The summed E-state index contributed by atoms with van der Waals surface area (Å²) in [5.41, 5.74) is 11.9. The molecule has 330 valence electrons. The fourth-order valence-corrected chi connectivity index (χ4v) is 6.25. The number of hydrogen-bond acceptors (Lipinski definition) is 8. The van der Waals surface area contributed by atoms with E-state index in [4.69, 9.17) is 19.0 Å². The van der Waals surface area contributed by atoms with Crippen molar-refractivity contribution in [2.45, 2.75) is 27.7 Å². The van der Waals surface area contributed by atoms with Gasteiger partial charge in [0.2, 0.25) is 0 Å². The summed E-state index contributed by atoms with van der Waals surface area (Å²) in [6.07, 6.45) is 3.55. The molecule has 0 amide bonds. The molecule has 0 saturated carbocycles. The third-order valence-corrected chi connectivity index (χ3v) is 8.90. The van der Waals surface area contributed by atoms with Crippen LogP contribution in [0.3, 0.4) is 0 Å². The van der Waals surface area contributed by atoms with Gasteiger partial charge in [0.1, 0.15) is 22.7 Å². The summed E-state index contributed by atoms with van der Waals surface area (Å²) in [4.78, 5) is 17.7. The van der Waals surface area contributed by atoms with Crippen LogP contribution < -0.4 is 0 Å². The first kappa shape index (κ1) is 52.1. The second-order valence-electron chi connectivity index (χ2n) is 13.4. The minimum absolute atomic E-state index is 0. The van der Waals surface area contributed by atoms with E-state index in [1.165, 1.54) is 0 Å². The summed E-state index contributed by atoms with van der Waals surface area (Å²) in [5.74, 6) is 1.82. The first-order valence-corrected chi connectivity index (χ1v) is 19.8. The fourth-order valence-electron chi connectivity index (χ4n) is 6.25. The molecule has 2 radical (unpaired) electrons. The van der Waals surface area contributed by atoms with Crippen molar-refractivity contribution in [3.05, 3.63) is 217 Å². The smallest absolute Gasteiger partial charge is 0.137 e. The van der Waals surface area contributed by atoms with E-state index in [2.05, 4.69) is 50.3 Å². The number of fused-ring (bicyclic) bond motifs is 2. The van der Waals surface area contributed by atoms with Gasteiger partial charge in [-0.1, -0.05) is 54.6 Å². The monoisotopic (exact) mass is 1200 g/mol. The van der Waals surface area contributed by atoms with E-state index in [0.29, 0.717) is 0 Å². The molecular weight excluding hydrogens is 1150 g/mol. The molecule has 0 bridgehead atoms. The molecule has 10 heteroatoms. The zero-order valence-electron chi connectivity index (χ0n) is 36.4. The van der Waals surface area contributed by atoms with Crippen LogP contribution in [0.4, 0.5) is 0 Å². The second-order valence-corrected chi connectivity index (χ2v) is 13.4. The molecule has 0 saturated heterocycles. The predicted molar refractivity (Wildman–Crippen MR) is 250 cm³/mol. The van der Waals surface area contributed by atoms with Gasteiger partial charge in [-0.3, -0.25) is 4.98 Å². The normalized spacial score (nSPS) is 9.62. The Balaban J connectivity index is 0.000000220. The molecule has 10 aromatic rings. The molecule has 8 nitrogen and oxygen atoms in total. The topological polar surface area (TPSA) is 118 Å². The van der Waals surface area contributed by atoms with Gasteiger partial charge < -0.3 is 34.0 Å². The Morgan fingerprint density at radius 1 is 0.422 bits per heavy atom. The number of aliphatic hydroxyl groups excluding tert-OH is 2. The molecule has 10 rings (SSSR count). The maximum atomic E-state index is 7.00. The van der Waals surface area contributed by atoms with E-state index in [-0.39, 0.29) is 40.2 Å². The number of aliphatic hydroxyl groups is 2. The molecule has 4 aromatic carbocycles. The Kier molecular flexibility index (Phi) is 22.6. The quantitative estimate of drug-likeness (QED) is 0.167. The van der Waals surface area contributed by atoms with Crippen molar-refractivity contribution >= 4 is 21.9 Å². The van der Waals surface area contributed by atoms with Gasteiger partial charge in [-0.25, -0.2) is 0 Å². The van der Waals surface area contributed by atoms with Gasteiger partial charge in [-0.2, -0.15) is 0 Å². The summed E-state index contributed by atoms with van der Waals surface area (Å²) >= 11 is 0. The number of aromatic nitrogens is 4. The van der Waals surface area contributed by atoms with E-state index in [1.54, 1.807) is 12.4 Å². The van der Waals surface area contributed by atoms with Crippen LogP contribution in [0.5, 0.6) is 0 Å². The summed E-state index contributed by atoms with van der Waals surface area (Å²) in [6.45, 7) is 7.88. The van der Waals surface area contributed by atoms with Crippen molar-refractivity contribution < 1.29 is 59.3 Å². The van der Waals surface area contributed by atoms with E-state index in [1.807, 2.05) is 179 Å². The Morgan fingerprint density at radius 3 is 1.25 bits per heavy atom. The number of hydrogen-bond donors (Lipinski definition) is 2. The van der Waals surface area contributed by atoms with E-state index < -0.39 is 0 Å². The van der Waals surface area contributed by atoms with Crippen molar-refractivity contribution in [1.29, 1.82) is 0 Å². The number of rotatable bonds is 4. The Morgan fingerprint density at radius 2 is 0.828 bits per heavy atom. The van der Waals surface area contributed by atoms with Gasteiger partial charge in [0.25, 0.3) is 0 Å². The van der Waals surface area contributed by atoms with Crippen molar-refractivity contribution in [2.75, 3.05) is 14.2 Å². The van der Waals surface area contributed by atoms with Crippen LogP contribution >= 0.6 is 0 Å². The van der Waals surface area contributed by atoms with Gasteiger partial charge in [0, 0.05) is 94.5 Å². The van der Waals surface area contributed by atoms with E-state index in [9.17, 15) is 0 Å². The zero-order chi connectivity index (χ0) is 44.1. The number of nitrogens with zero attached hydrogens (tertiary/aromatic N) is 4. The third-order valence-electron chi connectivity index (χ3n) is 8.90. The van der Waals surface area contributed by atoms with E-state index in [0.717, 1.165) is 104 Å². The van der Waals surface area contributed by atoms with Gasteiger partial charge in [-0.05, 0) is 81.2 Å². The predicted octanol–water partition coefficient (Wildman–Crippen LogP) is 12.3. The minimum Gasteiger partial charge on any atom is -0.462 e. The van der Waals surface area contributed by atoms with Gasteiger partial charge >= 0.3 is 0 Å². The largest absolute Gasteiger partial charge is 0.462 e. The number of pyridine rings is 4. The number of furan rings is 2. The van der Waals surface area contributed by atoms with Crippen LogP contribution in [0.1, 0.15) is 22.9 Å². The van der Waals surface area contributed by atoms with Gasteiger partial charge in [0.05, 0.1) is 5.69 Å². The van der Waals surface area contributed by atoms with Crippen molar-refractivity contribution in [3.8, 4) is 45.0 Å².